The van der Waals surface area contributed by atoms with E-state index in [-0.39, 0.29) is 96.9 Å². The molecule has 0 aromatic carbocycles. The van der Waals surface area contributed by atoms with E-state index in [9.17, 15) is 55.1 Å². The van der Waals surface area contributed by atoms with E-state index in [1.165, 1.54) is 64.0 Å². The molecule has 3 N–H and O–H groups in total. The van der Waals surface area contributed by atoms with Crippen molar-refractivity contribution in [1.29, 1.82) is 0 Å². The summed E-state index contributed by atoms with van der Waals surface area (Å²) in [6.07, 6.45) is -13.9. The predicted molar refractivity (Wildman–Crippen MR) is 390 cm³/mol. The Morgan fingerprint density at radius 1 is 0.655 bits per heavy atom. The zero-order valence-corrected chi connectivity index (χ0v) is 66.8. The molecule has 1 spiro atoms. The maximum absolute atomic E-state index is 15.8. The molecule has 7 rings (SSSR count). The molecular weight excluding hydrogens is 1450 g/mol. The summed E-state index contributed by atoms with van der Waals surface area (Å²) >= 11 is 0. The number of halogens is 8. The summed E-state index contributed by atoms with van der Waals surface area (Å²) in [7, 11) is 9.49. The highest BCUT2D eigenvalue weighted by molar-refractivity contribution is 6.01. The van der Waals surface area contributed by atoms with Crippen molar-refractivity contribution in [3.8, 4) is 0 Å². The Balaban J connectivity index is 1.34. The van der Waals surface area contributed by atoms with Gasteiger partial charge in [0.2, 0.25) is 70.9 Å². The molecule has 0 aromatic rings. The van der Waals surface area contributed by atoms with Crippen LogP contribution in [0.2, 0.25) is 0 Å². The maximum Gasteiger partial charge on any atom is 0.397 e. The third kappa shape index (κ3) is 21.4. The van der Waals surface area contributed by atoms with E-state index in [0.29, 0.717) is 32.1 Å². The highest BCUT2D eigenvalue weighted by Gasteiger charge is 2.60. The molecule has 33 heteroatoms. The van der Waals surface area contributed by atoms with E-state index in [4.69, 9.17) is 4.74 Å². The molecule has 2 saturated heterocycles. The van der Waals surface area contributed by atoms with Crippen LogP contribution in [0.1, 0.15) is 184 Å². The van der Waals surface area contributed by atoms with Crippen molar-refractivity contribution in [3.05, 3.63) is 12.2 Å². The molecule has 12 atom stereocenters. The summed E-state index contributed by atoms with van der Waals surface area (Å²) in [6.45, 7) is 12.1. The van der Waals surface area contributed by atoms with E-state index < -0.39 is 241 Å². The summed E-state index contributed by atoms with van der Waals surface area (Å²) in [5.74, 6) is -17.5. The molecule has 6 fully saturated rings. The minimum atomic E-state index is -5.22. The first kappa shape index (κ1) is 90.0. The summed E-state index contributed by atoms with van der Waals surface area (Å²) in [5.41, 5.74) is -2.37. The van der Waals surface area contributed by atoms with Gasteiger partial charge in [-0.3, -0.25) is 57.5 Å². The molecule has 4 saturated carbocycles. The Morgan fingerprint density at radius 2 is 1.26 bits per heavy atom. The second-order valence-electron chi connectivity index (χ2n) is 33.5. The minimum absolute atomic E-state index is 0.00725. The zero-order valence-electron chi connectivity index (χ0n) is 66.8. The molecule has 0 aromatic heterocycles. The smallest absolute Gasteiger partial charge is 0.377 e. The fourth-order valence-electron chi connectivity index (χ4n) is 18.1. The van der Waals surface area contributed by atoms with E-state index in [0.717, 1.165) is 29.4 Å². The van der Waals surface area contributed by atoms with Gasteiger partial charge < -0.3 is 64.8 Å². The van der Waals surface area contributed by atoms with Gasteiger partial charge in [-0.1, -0.05) is 73.0 Å². The van der Waals surface area contributed by atoms with Gasteiger partial charge in [0.05, 0.1) is 31.5 Å². The van der Waals surface area contributed by atoms with E-state index >= 15 is 37.5 Å². The van der Waals surface area contributed by atoms with Gasteiger partial charge in [0.25, 0.3) is 0 Å². The molecule has 25 nitrogen and oxygen atoms in total. The van der Waals surface area contributed by atoms with Crippen molar-refractivity contribution < 1.29 is 97.4 Å². The van der Waals surface area contributed by atoms with Gasteiger partial charge in [-0.15, -0.1) is 0 Å². The van der Waals surface area contributed by atoms with Gasteiger partial charge in [-0.25, -0.2) is 8.78 Å². The van der Waals surface area contributed by atoms with Gasteiger partial charge in [0.1, 0.15) is 72.1 Å². The van der Waals surface area contributed by atoms with Crippen molar-refractivity contribution >= 4 is 70.9 Å². The highest BCUT2D eigenvalue weighted by atomic mass is 19.4. The SMILES string of the molecule is CCO[C@@H]1C[C@H]2C(=O)NC3(CC(C)(C)C3)C(=O)N(C)[C@@H](C3CCCC3)C(=O)N(C)[C@H](C(=O)N(C)CC)CC(=O)N(C)[C@@H](C(C)C)C(=O)N[C@@H]([C@@H](C)CC)C(=O)N(C)CC(=O)N(C)[C@H]3C/C=C\CCN(C3=O)[C@@H](CC3CCC(C(F)(F)F)CC3)C(=O)N(C)CC(=O)N[C@@H](CCC3CC(F)C(C(F)(F)F)C(F)C3)C(=O)N2C1. The lowest BCUT2D eigenvalue weighted by Crippen LogP contribution is -2.71. The number of carbonyl (C=O) groups is 12. The number of alkyl halides is 8. The number of nitrogens with zero attached hydrogens (tertiary/aromatic N) is 9. The van der Waals surface area contributed by atoms with Crippen LogP contribution >= 0.6 is 0 Å². The van der Waals surface area contributed by atoms with Crippen molar-refractivity contribution in [2.24, 2.45) is 46.8 Å². The molecule has 3 heterocycles. The lowest BCUT2D eigenvalue weighted by atomic mass is 9.58. The quantitative estimate of drug-likeness (QED) is 0.124. The van der Waals surface area contributed by atoms with Crippen molar-refractivity contribution in [3.63, 3.8) is 0 Å². The first-order chi connectivity index (χ1) is 51.3. The second kappa shape index (κ2) is 37.6. The van der Waals surface area contributed by atoms with Crippen LogP contribution in [0.3, 0.4) is 0 Å². The first-order valence-electron chi connectivity index (χ1n) is 39.3. The number of ether oxygens (including phenoxy) is 1. The normalized spacial score (nSPS) is 32.1. The number of amides is 12. The molecular formula is C77H120F8N12O13. The summed E-state index contributed by atoms with van der Waals surface area (Å²) < 4.78 is 122. The lowest BCUT2D eigenvalue weighted by molar-refractivity contribution is -0.219. The van der Waals surface area contributed by atoms with E-state index in [2.05, 4.69) is 16.0 Å². The van der Waals surface area contributed by atoms with E-state index in [1.807, 2.05) is 13.8 Å². The molecule has 7 aliphatic rings. The number of nitrogens with one attached hydrogen (secondary N) is 3. The Kier molecular flexibility index (Phi) is 30.8. The molecule has 622 valence electrons. The number of fused-ring (bicyclic) bond motifs is 3. The van der Waals surface area contributed by atoms with Crippen LogP contribution in [-0.2, 0) is 62.3 Å². The van der Waals surface area contributed by atoms with Crippen LogP contribution in [0.25, 0.3) is 0 Å². The molecule has 0 radical (unpaired) electrons. The van der Waals surface area contributed by atoms with Gasteiger partial charge >= 0.3 is 12.4 Å². The third-order valence-corrected chi connectivity index (χ3v) is 24.5. The van der Waals surface area contributed by atoms with Crippen LogP contribution < -0.4 is 16.0 Å². The van der Waals surface area contributed by atoms with Gasteiger partial charge in [0, 0.05) is 82.0 Å². The summed E-state index contributed by atoms with van der Waals surface area (Å²) in [6, 6.07) is -11.5. The second-order valence-corrected chi connectivity index (χ2v) is 33.5. The lowest BCUT2D eigenvalue weighted by Gasteiger charge is -2.54. The van der Waals surface area contributed by atoms with Crippen LogP contribution in [0, 0.1) is 46.8 Å². The number of rotatable bonds is 13. The number of hydrogen-bond acceptors (Lipinski definition) is 13. The highest BCUT2D eigenvalue weighted by Crippen LogP contribution is 2.50. The molecule has 2 bridgehead atoms. The van der Waals surface area contributed by atoms with Gasteiger partial charge in [0.15, 0.2) is 0 Å². The van der Waals surface area contributed by atoms with Crippen LogP contribution in [0.4, 0.5) is 35.1 Å². The van der Waals surface area contributed by atoms with Gasteiger partial charge in [-0.05, 0) is 145 Å². The molecule has 110 heavy (non-hydrogen) atoms. The minimum Gasteiger partial charge on any atom is -0.377 e. The van der Waals surface area contributed by atoms with Crippen LogP contribution in [-0.4, -0.2) is 288 Å². The van der Waals surface area contributed by atoms with Crippen molar-refractivity contribution in [2.45, 2.75) is 268 Å². The average molecular weight is 1570 g/mol. The van der Waals surface area contributed by atoms with Crippen molar-refractivity contribution in [2.75, 3.05) is 88.7 Å². The topological polar surface area (TPSA) is 279 Å². The monoisotopic (exact) mass is 1570 g/mol. The predicted octanol–water partition coefficient (Wildman–Crippen LogP) is 6.99. The fraction of sp³-hybridized carbons (Fsp3) is 0.818. The zero-order chi connectivity index (χ0) is 82.1. The summed E-state index contributed by atoms with van der Waals surface area (Å²) in [5, 5.41) is 8.47. The Hall–Kier alpha value is -7.22. The van der Waals surface area contributed by atoms with Crippen molar-refractivity contribution in [1.82, 2.24) is 60.0 Å². The summed E-state index contributed by atoms with van der Waals surface area (Å²) in [4.78, 5) is 193. The average Bonchev–Trinajstić information content (AvgIpc) is 1.24. The molecule has 3 aliphatic heterocycles. The van der Waals surface area contributed by atoms with E-state index in [1.54, 1.807) is 53.7 Å². The molecule has 4 aliphatic carbocycles. The number of carbonyl (C=O) groups excluding carboxylic acids is 12. The third-order valence-electron chi connectivity index (χ3n) is 24.5. The Bertz CT molecular complexity index is 3310. The van der Waals surface area contributed by atoms with Crippen LogP contribution in [0.5, 0.6) is 0 Å². The van der Waals surface area contributed by atoms with Crippen LogP contribution in [0.15, 0.2) is 12.2 Å². The largest absolute Gasteiger partial charge is 0.397 e. The number of hydrogen-bond donors (Lipinski definition) is 3. The number of likely N-dealkylation sites (N-methyl/N-ethyl adjacent to an activating group) is 7. The Morgan fingerprint density at radius 3 is 1.82 bits per heavy atom. The van der Waals surface area contributed by atoms with Gasteiger partial charge in [-0.2, -0.15) is 26.3 Å². The maximum atomic E-state index is 15.8. The fourth-order valence-corrected chi connectivity index (χ4v) is 18.1. The molecule has 2 unspecified atom stereocenters. The first-order valence-corrected chi connectivity index (χ1v) is 39.3. The Labute approximate surface area is 642 Å². The molecule has 12 amide bonds. The standard InChI is InChI=1S/C77H120F8N12O13/c1-16-45(6)62-71(107)91(11)41-60(100)92(12)54-26-20-19-23-33-96(70(54)106)57(36-46-27-30-49(31-28-46)76(80,81)82)69(105)90(10)40-58(98)86-53(32-29-47-34-51(78)61(52(79)35-47)77(83,84)85)67(103)97-39-50(110-18-3)37-55(97)65(101)88-75(42-74(7,8)43-75)73(109)95(15)64(48-24-21-22-25-48)72(108)93(13)56(68(104)89(9)17-2)38-59(99)94(14)63(44(4)5)66(102)87-62/h19-20,44-57,61-64H,16-18,21-43H2,1-15H3,(H,86,98)(H,87,102)(H,88,101)/b20-19-/t45-,46?,47?,49?,50+,51?,52?,53-,54-,55-,56-,57-,61?,62-,63-,64-/m0/s1.